The zero-order valence-electron chi connectivity index (χ0n) is 10.4. The standard InChI is InChI=1S/C14H24O/c1-10-7-13(2,3)9-14(10)5-4-11-6-12(11)8-15-14/h10-12H,4-9H2,1-3H3/t10-,11-,12-,14-/m1/s1. The maximum atomic E-state index is 6.35. The molecule has 0 aromatic carbocycles. The molecule has 3 rings (SSSR count). The molecule has 3 aliphatic rings. The molecule has 1 spiro atoms. The summed E-state index contributed by atoms with van der Waals surface area (Å²) in [7, 11) is 0. The van der Waals surface area contributed by atoms with Gasteiger partial charge in [0.1, 0.15) is 0 Å². The normalized spacial score (nSPS) is 52.6. The summed E-state index contributed by atoms with van der Waals surface area (Å²) in [6, 6.07) is 0. The molecule has 0 aromatic rings. The van der Waals surface area contributed by atoms with Crippen LogP contribution in [-0.4, -0.2) is 12.2 Å². The van der Waals surface area contributed by atoms with Crippen molar-refractivity contribution in [3.8, 4) is 0 Å². The van der Waals surface area contributed by atoms with E-state index < -0.39 is 0 Å². The number of hydrogen-bond acceptors (Lipinski definition) is 1. The molecule has 1 aliphatic heterocycles. The molecular weight excluding hydrogens is 184 g/mol. The fourth-order valence-corrected chi connectivity index (χ4v) is 4.24. The van der Waals surface area contributed by atoms with Crippen molar-refractivity contribution in [1.82, 2.24) is 0 Å². The lowest BCUT2D eigenvalue weighted by atomic mass is 9.85. The van der Waals surface area contributed by atoms with Crippen LogP contribution in [0.4, 0.5) is 0 Å². The molecule has 1 saturated heterocycles. The maximum absolute atomic E-state index is 6.35. The lowest BCUT2D eigenvalue weighted by molar-refractivity contribution is -0.0753. The molecule has 15 heavy (non-hydrogen) atoms. The highest BCUT2D eigenvalue weighted by molar-refractivity contribution is 5.03. The molecule has 0 N–H and O–H groups in total. The third kappa shape index (κ3) is 1.63. The average molecular weight is 208 g/mol. The minimum absolute atomic E-state index is 0.261. The van der Waals surface area contributed by atoms with Gasteiger partial charge in [0.2, 0.25) is 0 Å². The second kappa shape index (κ2) is 3.00. The van der Waals surface area contributed by atoms with Crippen molar-refractivity contribution >= 4 is 0 Å². The van der Waals surface area contributed by atoms with Gasteiger partial charge in [0, 0.05) is 0 Å². The number of fused-ring (bicyclic) bond motifs is 1. The van der Waals surface area contributed by atoms with Crippen LogP contribution in [-0.2, 0) is 4.74 Å². The van der Waals surface area contributed by atoms with Gasteiger partial charge < -0.3 is 4.74 Å². The van der Waals surface area contributed by atoms with Crippen LogP contribution in [0.5, 0.6) is 0 Å². The van der Waals surface area contributed by atoms with Crippen LogP contribution in [0.15, 0.2) is 0 Å². The van der Waals surface area contributed by atoms with Gasteiger partial charge in [-0.3, -0.25) is 0 Å². The van der Waals surface area contributed by atoms with Crippen LogP contribution in [0.3, 0.4) is 0 Å². The van der Waals surface area contributed by atoms with Gasteiger partial charge >= 0.3 is 0 Å². The Kier molecular flexibility index (Phi) is 2.03. The van der Waals surface area contributed by atoms with Gasteiger partial charge in [-0.2, -0.15) is 0 Å². The first-order valence-electron chi connectivity index (χ1n) is 6.65. The van der Waals surface area contributed by atoms with E-state index in [1.165, 1.54) is 32.1 Å². The Hall–Kier alpha value is -0.0400. The minimum Gasteiger partial charge on any atom is -0.374 e. The Morgan fingerprint density at radius 2 is 2.00 bits per heavy atom. The largest absolute Gasteiger partial charge is 0.374 e. The second-order valence-corrected chi connectivity index (χ2v) is 7.12. The van der Waals surface area contributed by atoms with E-state index in [4.69, 9.17) is 4.74 Å². The van der Waals surface area contributed by atoms with Crippen molar-refractivity contribution in [2.24, 2.45) is 23.2 Å². The third-order valence-corrected chi connectivity index (χ3v) is 5.13. The van der Waals surface area contributed by atoms with Crippen molar-refractivity contribution in [3.63, 3.8) is 0 Å². The van der Waals surface area contributed by atoms with Crippen LogP contribution in [0.25, 0.3) is 0 Å². The summed E-state index contributed by atoms with van der Waals surface area (Å²) in [5.74, 6) is 2.73. The summed E-state index contributed by atoms with van der Waals surface area (Å²) < 4.78 is 6.35. The van der Waals surface area contributed by atoms with E-state index in [9.17, 15) is 0 Å². The van der Waals surface area contributed by atoms with Gasteiger partial charge in [0.25, 0.3) is 0 Å². The summed E-state index contributed by atoms with van der Waals surface area (Å²) in [5, 5.41) is 0. The Labute approximate surface area is 93.6 Å². The van der Waals surface area contributed by atoms with Crippen LogP contribution in [0.1, 0.15) is 52.9 Å². The molecule has 1 heteroatoms. The number of ether oxygens (including phenoxy) is 1. The first kappa shape index (κ1) is 10.1. The van der Waals surface area contributed by atoms with Crippen molar-refractivity contribution in [3.05, 3.63) is 0 Å². The third-order valence-electron chi connectivity index (χ3n) is 5.13. The van der Waals surface area contributed by atoms with E-state index >= 15 is 0 Å². The Bertz CT molecular complexity index is 257. The lowest BCUT2D eigenvalue weighted by Crippen LogP contribution is -2.35. The molecule has 1 heterocycles. The van der Waals surface area contributed by atoms with Gasteiger partial charge in [0.05, 0.1) is 12.2 Å². The fourth-order valence-electron chi connectivity index (χ4n) is 4.24. The number of hydrogen-bond donors (Lipinski definition) is 0. The number of rotatable bonds is 0. The van der Waals surface area contributed by atoms with Gasteiger partial charge in [-0.15, -0.1) is 0 Å². The Morgan fingerprint density at radius 3 is 2.67 bits per heavy atom. The van der Waals surface area contributed by atoms with Gasteiger partial charge in [-0.25, -0.2) is 0 Å². The van der Waals surface area contributed by atoms with Crippen LogP contribution in [0.2, 0.25) is 0 Å². The molecular formula is C14H24O. The van der Waals surface area contributed by atoms with Crippen molar-refractivity contribution < 1.29 is 4.74 Å². The van der Waals surface area contributed by atoms with Crippen molar-refractivity contribution in [2.45, 2.75) is 58.5 Å². The topological polar surface area (TPSA) is 9.23 Å². The molecule has 0 amide bonds. The molecule has 2 aliphatic carbocycles. The fraction of sp³-hybridized carbons (Fsp3) is 1.00. The Balaban J connectivity index is 1.78. The minimum atomic E-state index is 0.261. The predicted octanol–water partition coefficient (Wildman–Crippen LogP) is 3.63. The molecule has 0 bridgehead atoms. The molecule has 0 unspecified atom stereocenters. The van der Waals surface area contributed by atoms with E-state index in [1.807, 2.05) is 0 Å². The zero-order valence-corrected chi connectivity index (χ0v) is 10.4. The second-order valence-electron chi connectivity index (χ2n) is 7.12. The molecule has 0 aromatic heterocycles. The molecule has 4 atom stereocenters. The van der Waals surface area contributed by atoms with Gasteiger partial charge in [0.15, 0.2) is 0 Å². The van der Waals surface area contributed by atoms with E-state index in [0.717, 1.165) is 24.4 Å². The molecule has 3 fully saturated rings. The van der Waals surface area contributed by atoms with Gasteiger partial charge in [-0.05, 0) is 55.3 Å². The summed E-state index contributed by atoms with van der Waals surface area (Å²) in [4.78, 5) is 0. The highest BCUT2D eigenvalue weighted by Gasteiger charge is 2.53. The predicted molar refractivity (Wildman–Crippen MR) is 61.7 cm³/mol. The first-order chi connectivity index (χ1) is 7.01. The quantitative estimate of drug-likeness (QED) is 0.590. The van der Waals surface area contributed by atoms with Crippen LogP contribution >= 0.6 is 0 Å². The maximum Gasteiger partial charge on any atom is 0.0713 e. The summed E-state index contributed by atoms with van der Waals surface area (Å²) in [5.41, 5.74) is 0.769. The highest BCUT2D eigenvalue weighted by atomic mass is 16.5. The monoisotopic (exact) mass is 208 g/mol. The zero-order chi connectivity index (χ0) is 10.7. The highest BCUT2D eigenvalue weighted by Crippen LogP contribution is 2.56. The van der Waals surface area contributed by atoms with E-state index in [1.54, 1.807) is 0 Å². The van der Waals surface area contributed by atoms with E-state index in [2.05, 4.69) is 20.8 Å². The smallest absolute Gasteiger partial charge is 0.0713 e. The van der Waals surface area contributed by atoms with E-state index in [-0.39, 0.29) is 5.60 Å². The van der Waals surface area contributed by atoms with Gasteiger partial charge in [-0.1, -0.05) is 20.8 Å². The van der Waals surface area contributed by atoms with E-state index in [0.29, 0.717) is 5.41 Å². The summed E-state index contributed by atoms with van der Waals surface area (Å²) in [6.45, 7) is 8.29. The Morgan fingerprint density at radius 1 is 1.20 bits per heavy atom. The first-order valence-corrected chi connectivity index (χ1v) is 6.65. The average Bonchev–Trinajstić information content (AvgIpc) is 2.81. The lowest BCUT2D eigenvalue weighted by Gasteiger charge is -2.34. The van der Waals surface area contributed by atoms with Crippen molar-refractivity contribution in [2.75, 3.05) is 6.61 Å². The SMILES string of the molecule is C[C@@H]1CC(C)(C)C[C@]12CC[C@@H]1C[C@@H]1CO2. The molecule has 86 valence electrons. The molecule has 2 saturated carbocycles. The van der Waals surface area contributed by atoms with Crippen molar-refractivity contribution in [1.29, 1.82) is 0 Å². The summed E-state index contributed by atoms with van der Waals surface area (Å²) >= 11 is 0. The van der Waals surface area contributed by atoms with Crippen LogP contribution in [0, 0.1) is 23.2 Å². The van der Waals surface area contributed by atoms with Crippen LogP contribution < -0.4 is 0 Å². The molecule has 1 nitrogen and oxygen atoms in total. The summed E-state index contributed by atoms with van der Waals surface area (Å²) in [6.07, 6.45) is 6.86. The molecule has 0 radical (unpaired) electrons.